The molecule has 0 aliphatic carbocycles. The molecular weight excluding hydrogens is 180 g/mol. The van der Waals surface area contributed by atoms with Gasteiger partial charge in [-0.15, -0.1) is 0 Å². The molecule has 0 aliphatic rings. The molecule has 6 heteroatoms. The van der Waals surface area contributed by atoms with E-state index in [1.165, 1.54) is 0 Å². The molecule has 0 fully saturated rings. The molecule has 0 unspecified atom stereocenters. The van der Waals surface area contributed by atoms with Crippen LogP contribution in [-0.4, -0.2) is 22.4 Å². The number of rotatable bonds is 2. The number of hydrogen-bond acceptors (Lipinski definition) is 3. The Morgan fingerprint density at radius 2 is 1.67 bits per heavy atom. The molecule has 1 atom stereocenters. The Bertz CT molecular complexity index is 157. The maximum Gasteiger partial charge on any atom is 0.320 e. The van der Waals surface area contributed by atoms with E-state index in [-0.39, 0.29) is 5.92 Å². The fraction of sp³-hybridized carbons (Fsp3) is 0.667. The lowest BCUT2D eigenvalue weighted by Gasteiger charge is -2.07. The average Bonchev–Trinajstić information content (AvgIpc) is 1.84. The van der Waals surface area contributed by atoms with Gasteiger partial charge in [-0.2, -0.15) is 0 Å². The zero-order valence-electron chi connectivity index (χ0n) is 7.02. The lowest BCUT2D eigenvalue weighted by Crippen LogP contribution is -2.34. The molecule has 5 N–H and O–H groups in total. The van der Waals surface area contributed by atoms with Crippen molar-refractivity contribution in [3.63, 3.8) is 0 Å². The van der Waals surface area contributed by atoms with Crippen LogP contribution in [0.15, 0.2) is 0 Å². The summed E-state index contributed by atoms with van der Waals surface area (Å²) >= 11 is 3.10. The van der Waals surface area contributed by atoms with Gasteiger partial charge >= 0.3 is 5.97 Å². The summed E-state index contributed by atoms with van der Waals surface area (Å²) in [5.74, 6) is -0.910. The van der Waals surface area contributed by atoms with E-state index < -0.39 is 17.3 Å². The van der Waals surface area contributed by atoms with Gasteiger partial charge in [0, 0.05) is 0 Å². The fourth-order valence-electron chi connectivity index (χ4n) is 0.285. The van der Waals surface area contributed by atoms with Gasteiger partial charge in [0.2, 0.25) is 0 Å². The molecule has 0 aromatic heterocycles. The summed E-state index contributed by atoms with van der Waals surface area (Å²) < 4.78 is 0. The number of carboxylic acid groups (broad SMARTS) is 1. The van der Waals surface area contributed by atoms with Gasteiger partial charge in [-0.05, 0) is 5.92 Å². The molecule has 0 radical (unpaired) electrons. The zero-order valence-corrected chi connectivity index (χ0v) is 7.91. The van der Waals surface area contributed by atoms with Crippen LogP contribution in [0.5, 0.6) is 0 Å². The number of thiol groups is 1. The minimum atomic E-state index is -0.931. The molecule has 12 heavy (non-hydrogen) atoms. The largest absolute Gasteiger partial charge is 0.480 e. The number of carbonyl (C=O) groups is 2. The molecule has 0 rings (SSSR count). The van der Waals surface area contributed by atoms with Gasteiger partial charge in [0.15, 0.2) is 0 Å². The van der Waals surface area contributed by atoms with Crippen molar-refractivity contribution in [3.05, 3.63) is 0 Å². The molecule has 0 saturated heterocycles. The number of aliphatic carboxylic acids is 1. The molecule has 0 spiro atoms. The summed E-state index contributed by atoms with van der Waals surface area (Å²) in [6, 6.07) is -0.713. The van der Waals surface area contributed by atoms with E-state index in [2.05, 4.69) is 18.4 Å². The number of carboxylic acids is 1. The van der Waals surface area contributed by atoms with Crippen molar-refractivity contribution in [2.45, 2.75) is 19.9 Å². The van der Waals surface area contributed by atoms with E-state index in [1.54, 1.807) is 13.8 Å². The lowest BCUT2D eigenvalue weighted by atomic mass is 10.1. The average molecular weight is 194 g/mol. The Balaban J connectivity index is 0. The van der Waals surface area contributed by atoms with Crippen LogP contribution in [0.3, 0.4) is 0 Å². The maximum absolute atomic E-state index is 10.0. The first kappa shape index (κ1) is 13.8. The third-order valence-electron chi connectivity index (χ3n) is 1.00. The monoisotopic (exact) mass is 194 g/mol. The number of carbonyl (C=O) groups excluding carboxylic acids is 1. The number of hydrogen-bond donors (Lipinski definition) is 4. The van der Waals surface area contributed by atoms with Crippen molar-refractivity contribution in [2.75, 3.05) is 0 Å². The van der Waals surface area contributed by atoms with E-state index in [0.717, 1.165) is 0 Å². The summed E-state index contributed by atoms with van der Waals surface area (Å²) in [4.78, 5) is 19.1. The summed E-state index contributed by atoms with van der Waals surface area (Å²) in [6.07, 6.45) is 0. The predicted molar refractivity (Wildman–Crippen MR) is 49.0 cm³/mol. The number of nitrogens with two attached hydrogens (primary N) is 2. The highest BCUT2D eigenvalue weighted by molar-refractivity contribution is 7.96. The topological polar surface area (TPSA) is 106 Å². The zero-order chi connectivity index (χ0) is 10.3. The minimum Gasteiger partial charge on any atom is -0.480 e. The molecular formula is C6H14N2O3S. The van der Waals surface area contributed by atoms with Gasteiger partial charge in [-0.1, -0.05) is 26.5 Å². The molecule has 0 heterocycles. The molecule has 1 amide bonds. The SMILES string of the molecule is CC(C)[C@H](N)C(=O)O.NC(=O)S. The smallest absolute Gasteiger partial charge is 0.320 e. The van der Waals surface area contributed by atoms with Gasteiger partial charge in [-0.25, -0.2) is 0 Å². The summed E-state index contributed by atoms with van der Waals surface area (Å²) in [6.45, 7) is 3.55. The van der Waals surface area contributed by atoms with E-state index in [9.17, 15) is 4.79 Å². The first-order chi connectivity index (χ1) is 5.29. The standard InChI is InChI=1S/C5H11NO2.CH3NOS/c1-3(2)4(6)5(7)8;2-1(3)4/h3-4H,6H2,1-2H3,(H,7,8);(H3,2,3,4)/t4-;/m0./s1. The van der Waals surface area contributed by atoms with Crippen molar-refractivity contribution in [1.82, 2.24) is 0 Å². The Kier molecular flexibility index (Phi) is 7.98. The Hall–Kier alpha value is -0.750. The van der Waals surface area contributed by atoms with Crippen LogP contribution in [0, 0.1) is 5.92 Å². The Labute approximate surface area is 76.5 Å². The van der Waals surface area contributed by atoms with Crippen LogP contribution in [0.2, 0.25) is 0 Å². The van der Waals surface area contributed by atoms with Crippen molar-refractivity contribution < 1.29 is 14.7 Å². The van der Waals surface area contributed by atoms with Crippen LogP contribution in [0.4, 0.5) is 4.79 Å². The second-order valence-corrected chi connectivity index (χ2v) is 2.89. The van der Waals surface area contributed by atoms with Crippen LogP contribution in [0.25, 0.3) is 0 Å². The third kappa shape index (κ3) is 12.0. The second-order valence-electron chi connectivity index (χ2n) is 2.45. The molecule has 72 valence electrons. The van der Waals surface area contributed by atoms with Crippen LogP contribution >= 0.6 is 12.6 Å². The molecule has 0 aromatic rings. The van der Waals surface area contributed by atoms with Crippen molar-refractivity contribution in [2.24, 2.45) is 17.4 Å². The quantitative estimate of drug-likeness (QED) is 0.466. The number of amides is 1. The molecule has 5 nitrogen and oxygen atoms in total. The first-order valence-electron chi connectivity index (χ1n) is 3.25. The van der Waals surface area contributed by atoms with Gasteiger partial charge in [0.1, 0.15) is 6.04 Å². The van der Waals surface area contributed by atoms with Gasteiger partial charge in [-0.3, -0.25) is 9.59 Å². The van der Waals surface area contributed by atoms with E-state index in [1.807, 2.05) is 0 Å². The van der Waals surface area contributed by atoms with Gasteiger partial charge < -0.3 is 16.6 Å². The fourth-order valence-corrected chi connectivity index (χ4v) is 0.285. The third-order valence-corrected chi connectivity index (χ3v) is 1.00. The van der Waals surface area contributed by atoms with E-state index in [0.29, 0.717) is 0 Å². The van der Waals surface area contributed by atoms with E-state index in [4.69, 9.17) is 15.6 Å². The predicted octanol–water partition coefficient (Wildman–Crippen LogP) is 0.0492. The highest BCUT2D eigenvalue weighted by Crippen LogP contribution is 1.96. The van der Waals surface area contributed by atoms with Crippen LogP contribution < -0.4 is 11.5 Å². The van der Waals surface area contributed by atoms with Crippen molar-refractivity contribution in [3.8, 4) is 0 Å². The van der Waals surface area contributed by atoms with Crippen LogP contribution in [-0.2, 0) is 4.79 Å². The summed E-state index contributed by atoms with van der Waals surface area (Å²) in [5.41, 5.74) is 9.50. The highest BCUT2D eigenvalue weighted by atomic mass is 32.1. The van der Waals surface area contributed by atoms with Crippen molar-refractivity contribution >= 4 is 23.8 Å². The summed E-state index contributed by atoms with van der Waals surface area (Å²) in [7, 11) is 0. The van der Waals surface area contributed by atoms with Crippen molar-refractivity contribution in [1.29, 1.82) is 0 Å². The first-order valence-corrected chi connectivity index (χ1v) is 3.70. The van der Waals surface area contributed by atoms with Gasteiger partial charge in [0.05, 0.1) is 0 Å². The highest BCUT2D eigenvalue weighted by Gasteiger charge is 2.14. The van der Waals surface area contributed by atoms with E-state index >= 15 is 0 Å². The maximum atomic E-state index is 10.0. The molecule has 0 saturated carbocycles. The second kappa shape index (κ2) is 6.93. The molecule has 0 aliphatic heterocycles. The van der Waals surface area contributed by atoms with Crippen LogP contribution in [0.1, 0.15) is 13.8 Å². The number of primary amides is 1. The normalized spacial score (nSPS) is 11.4. The minimum absolute atomic E-state index is 0.0208. The molecule has 0 bridgehead atoms. The Morgan fingerprint density at radius 1 is 1.42 bits per heavy atom. The van der Waals surface area contributed by atoms with Gasteiger partial charge in [0.25, 0.3) is 5.24 Å². The summed E-state index contributed by atoms with van der Waals surface area (Å²) in [5, 5.41) is 7.59. The molecule has 0 aromatic carbocycles. The Morgan fingerprint density at radius 3 is 1.67 bits per heavy atom. The lowest BCUT2D eigenvalue weighted by molar-refractivity contribution is -0.139.